The molecule has 0 radical (unpaired) electrons. The summed E-state index contributed by atoms with van der Waals surface area (Å²) < 4.78 is 16.5. The number of ether oxygens (including phenoxy) is 3. The Morgan fingerprint density at radius 3 is 2.72 bits per heavy atom. The molecule has 0 spiro atoms. The SMILES string of the molecule is COc1ccccc1C(c1ccc(NC(=O)C2(c3ccc4c(c3)OCO4)CC2)nc1)N1CC[C@@H](O)C1. The first-order valence-corrected chi connectivity index (χ1v) is 12.3. The number of fused-ring (bicyclic) bond motifs is 1. The Balaban J connectivity index is 1.23. The number of pyridine rings is 1. The molecule has 1 aromatic heterocycles. The molecule has 1 aliphatic carbocycles. The summed E-state index contributed by atoms with van der Waals surface area (Å²) in [4.78, 5) is 20.1. The Morgan fingerprint density at radius 1 is 1.17 bits per heavy atom. The third-order valence-corrected chi connectivity index (χ3v) is 7.45. The normalized spacial score (nSPS) is 20.7. The largest absolute Gasteiger partial charge is 0.496 e. The van der Waals surface area contributed by atoms with Gasteiger partial charge in [0, 0.05) is 24.8 Å². The van der Waals surface area contributed by atoms with Gasteiger partial charge in [0.2, 0.25) is 12.7 Å². The highest BCUT2D eigenvalue weighted by atomic mass is 16.7. The van der Waals surface area contributed by atoms with E-state index in [4.69, 9.17) is 14.2 Å². The van der Waals surface area contributed by atoms with E-state index in [9.17, 15) is 9.90 Å². The van der Waals surface area contributed by atoms with Gasteiger partial charge in [-0.3, -0.25) is 9.69 Å². The first kappa shape index (κ1) is 22.8. The summed E-state index contributed by atoms with van der Waals surface area (Å²) in [5.41, 5.74) is 2.37. The van der Waals surface area contributed by atoms with Gasteiger partial charge in [-0.25, -0.2) is 4.98 Å². The smallest absolute Gasteiger partial charge is 0.236 e. The number of aliphatic hydroxyl groups excluding tert-OH is 1. The highest BCUT2D eigenvalue weighted by Gasteiger charge is 2.51. The van der Waals surface area contributed by atoms with E-state index >= 15 is 0 Å². The molecule has 186 valence electrons. The van der Waals surface area contributed by atoms with Gasteiger partial charge in [0.05, 0.1) is 24.7 Å². The molecule has 8 nitrogen and oxygen atoms in total. The lowest BCUT2D eigenvalue weighted by Crippen LogP contribution is -2.29. The Labute approximate surface area is 209 Å². The number of hydrogen-bond donors (Lipinski definition) is 2. The number of likely N-dealkylation sites (tertiary alicyclic amines) is 1. The summed E-state index contributed by atoms with van der Waals surface area (Å²) >= 11 is 0. The fraction of sp³-hybridized carbons (Fsp3) is 0.357. The van der Waals surface area contributed by atoms with Gasteiger partial charge in [-0.15, -0.1) is 0 Å². The molecule has 2 N–H and O–H groups in total. The van der Waals surface area contributed by atoms with E-state index in [1.54, 1.807) is 13.3 Å². The zero-order valence-corrected chi connectivity index (χ0v) is 20.1. The number of para-hydroxylation sites is 1. The molecular weight excluding hydrogens is 458 g/mol. The van der Waals surface area contributed by atoms with Crippen LogP contribution >= 0.6 is 0 Å². The van der Waals surface area contributed by atoms with Gasteiger partial charge in [-0.05, 0) is 54.7 Å². The summed E-state index contributed by atoms with van der Waals surface area (Å²) in [6.07, 6.45) is 3.75. The van der Waals surface area contributed by atoms with Crippen LogP contribution in [-0.2, 0) is 10.2 Å². The van der Waals surface area contributed by atoms with Crippen molar-refractivity contribution >= 4 is 11.7 Å². The van der Waals surface area contributed by atoms with Gasteiger partial charge in [0.25, 0.3) is 0 Å². The fourth-order valence-corrected chi connectivity index (χ4v) is 5.33. The molecule has 2 fully saturated rings. The van der Waals surface area contributed by atoms with Crippen molar-refractivity contribution in [2.45, 2.75) is 36.8 Å². The average Bonchev–Trinajstić information content (AvgIpc) is 3.40. The van der Waals surface area contributed by atoms with Crippen LogP contribution in [0.25, 0.3) is 0 Å². The van der Waals surface area contributed by atoms with Crippen molar-refractivity contribution in [1.29, 1.82) is 0 Å². The second kappa shape index (κ2) is 9.11. The summed E-state index contributed by atoms with van der Waals surface area (Å²) in [5, 5.41) is 13.2. The molecule has 0 bridgehead atoms. The molecule has 6 rings (SSSR count). The Kier molecular flexibility index (Phi) is 5.78. The summed E-state index contributed by atoms with van der Waals surface area (Å²) in [6.45, 7) is 1.57. The van der Waals surface area contributed by atoms with E-state index in [1.165, 1.54) is 0 Å². The minimum atomic E-state index is -0.563. The molecule has 3 aliphatic rings. The third kappa shape index (κ3) is 4.06. The number of nitrogens with zero attached hydrogens (tertiary/aromatic N) is 2. The first-order chi connectivity index (χ1) is 17.6. The van der Waals surface area contributed by atoms with Crippen LogP contribution in [0, 0.1) is 0 Å². The van der Waals surface area contributed by atoms with E-state index in [0.29, 0.717) is 23.9 Å². The number of amides is 1. The van der Waals surface area contributed by atoms with Gasteiger partial charge in [-0.1, -0.05) is 30.3 Å². The Hall–Kier alpha value is -3.62. The molecule has 1 saturated carbocycles. The number of aromatic nitrogens is 1. The van der Waals surface area contributed by atoms with E-state index in [-0.39, 0.29) is 24.8 Å². The molecule has 3 aromatic rings. The molecule has 2 aromatic carbocycles. The monoisotopic (exact) mass is 487 g/mol. The lowest BCUT2D eigenvalue weighted by Gasteiger charge is -2.29. The fourth-order valence-electron chi connectivity index (χ4n) is 5.33. The molecule has 3 heterocycles. The molecule has 8 heteroatoms. The second-order valence-corrected chi connectivity index (χ2v) is 9.66. The molecule has 2 atom stereocenters. The van der Waals surface area contributed by atoms with Crippen molar-refractivity contribution in [2.75, 3.05) is 32.3 Å². The number of carbonyl (C=O) groups is 1. The number of rotatable bonds is 7. The van der Waals surface area contributed by atoms with E-state index in [0.717, 1.165) is 48.2 Å². The van der Waals surface area contributed by atoms with E-state index in [1.807, 2.05) is 54.6 Å². The van der Waals surface area contributed by atoms with E-state index in [2.05, 4.69) is 15.2 Å². The second-order valence-electron chi connectivity index (χ2n) is 9.66. The van der Waals surface area contributed by atoms with Crippen LogP contribution in [0.1, 0.15) is 42.0 Å². The van der Waals surface area contributed by atoms with Crippen LogP contribution < -0.4 is 19.5 Å². The van der Waals surface area contributed by atoms with Crippen molar-refractivity contribution in [1.82, 2.24) is 9.88 Å². The van der Waals surface area contributed by atoms with Crippen LogP contribution in [0.3, 0.4) is 0 Å². The lowest BCUT2D eigenvalue weighted by atomic mass is 9.94. The van der Waals surface area contributed by atoms with Crippen molar-refractivity contribution in [3.63, 3.8) is 0 Å². The topological polar surface area (TPSA) is 93.2 Å². The van der Waals surface area contributed by atoms with Crippen LogP contribution in [0.4, 0.5) is 5.82 Å². The average molecular weight is 488 g/mol. The molecule has 1 unspecified atom stereocenters. The van der Waals surface area contributed by atoms with Crippen LogP contribution in [0.2, 0.25) is 0 Å². The standard InChI is InChI=1S/C28H29N3O5/c1-34-22-5-3-2-4-21(22)26(31-13-10-20(32)16-31)18-6-9-25(29-15-18)30-27(33)28(11-12-28)19-7-8-23-24(14-19)36-17-35-23/h2-9,14-15,20,26,32H,10-13,16-17H2,1H3,(H,29,30,33)/t20-,26?/m1/s1. The van der Waals surface area contributed by atoms with Crippen molar-refractivity contribution in [3.05, 3.63) is 77.5 Å². The number of methoxy groups -OCH3 is 1. The predicted octanol–water partition coefficient (Wildman–Crippen LogP) is 3.65. The maximum atomic E-state index is 13.3. The van der Waals surface area contributed by atoms with E-state index < -0.39 is 5.41 Å². The quantitative estimate of drug-likeness (QED) is 0.526. The number of carbonyl (C=O) groups excluding carboxylic acids is 1. The molecule has 36 heavy (non-hydrogen) atoms. The van der Waals surface area contributed by atoms with Gasteiger partial charge in [0.15, 0.2) is 11.5 Å². The maximum Gasteiger partial charge on any atom is 0.236 e. The number of hydrogen-bond acceptors (Lipinski definition) is 7. The van der Waals surface area contributed by atoms with Gasteiger partial charge >= 0.3 is 0 Å². The lowest BCUT2D eigenvalue weighted by molar-refractivity contribution is -0.118. The Bertz CT molecular complexity index is 1270. The van der Waals surface area contributed by atoms with Crippen molar-refractivity contribution in [3.8, 4) is 17.2 Å². The zero-order chi connectivity index (χ0) is 24.7. The van der Waals surface area contributed by atoms with Gasteiger partial charge in [0.1, 0.15) is 11.6 Å². The van der Waals surface area contributed by atoms with Gasteiger partial charge in [-0.2, -0.15) is 0 Å². The Morgan fingerprint density at radius 2 is 2.00 bits per heavy atom. The summed E-state index contributed by atoms with van der Waals surface area (Å²) in [5.74, 6) is 2.63. The number of aliphatic hydroxyl groups is 1. The number of benzene rings is 2. The number of β-amino-alcohol motifs (C(OH)–C–C–N with tert-alkyl or cyclic N) is 1. The molecule has 2 aliphatic heterocycles. The number of nitrogens with one attached hydrogen (secondary N) is 1. The molecular formula is C28H29N3O5. The molecule has 1 amide bonds. The zero-order valence-electron chi connectivity index (χ0n) is 20.1. The maximum absolute atomic E-state index is 13.3. The highest BCUT2D eigenvalue weighted by molar-refractivity contribution is 6.01. The van der Waals surface area contributed by atoms with Crippen molar-refractivity contribution in [2.24, 2.45) is 0 Å². The minimum absolute atomic E-state index is 0.0643. The van der Waals surface area contributed by atoms with Gasteiger partial charge < -0.3 is 24.6 Å². The minimum Gasteiger partial charge on any atom is -0.496 e. The van der Waals surface area contributed by atoms with Crippen molar-refractivity contribution < 1.29 is 24.1 Å². The molecule has 1 saturated heterocycles. The van der Waals surface area contributed by atoms with Crippen LogP contribution in [0.15, 0.2) is 60.8 Å². The first-order valence-electron chi connectivity index (χ1n) is 12.3. The summed E-state index contributed by atoms with van der Waals surface area (Å²) in [6, 6.07) is 17.4. The number of anilines is 1. The summed E-state index contributed by atoms with van der Waals surface area (Å²) in [7, 11) is 1.67. The third-order valence-electron chi connectivity index (χ3n) is 7.45. The highest BCUT2D eigenvalue weighted by Crippen LogP contribution is 2.51. The van der Waals surface area contributed by atoms with Crippen LogP contribution in [0.5, 0.6) is 17.2 Å². The predicted molar refractivity (Wildman–Crippen MR) is 133 cm³/mol. The van der Waals surface area contributed by atoms with Crippen LogP contribution in [-0.4, -0.2) is 54.0 Å².